The highest BCUT2D eigenvalue weighted by molar-refractivity contribution is 7.89. The van der Waals surface area contributed by atoms with E-state index in [4.69, 9.17) is 4.74 Å². The molecule has 0 bridgehead atoms. The summed E-state index contributed by atoms with van der Waals surface area (Å²) < 4.78 is 32.9. The topological polar surface area (TPSA) is 75.7 Å². The van der Waals surface area contributed by atoms with Crippen LogP contribution in [-0.4, -0.2) is 39.4 Å². The smallest absolute Gasteiger partial charge is 0.244 e. The average Bonchev–Trinajstić information content (AvgIpc) is 2.62. The summed E-state index contributed by atoms with van der Waals surface area (Å²) in [5, 5.41) is 0. The number of amides is 1. The molecule has 2 aromatic rings. The van der Waals surface area contributed by atoms with E-state index in [1.807, 2.05) is 38.1 Å². The van der Waals surface area contributed by atoms with Gasteiger partial charge in [0.2, 0.25) is 15.9 Å². The number of hydrogen-bond donors (Lipinski definition) is 1. The van der Waals surface area contributed by atoms with Gasteiger partial charge in [0.1, 0.15) is 10.6 Å². The minimum Gasteiger partial charge on any atom is -0.495 e. The highest BCUT2D eigenvalue weighted by atomic mass is 32.2. The van der Waals surface area contributed by atoms with Crippen LogP contribution in [0.5, 0.6) is 5.75 Å². The molecule has 27 heavy (non-hydrogen) atoms. The van der Waals surface area contributed by atoms with E-state index < -0.39 is 10.0 Å². The first kappa shape index (κ1) is 20.9. The minimum atomic E-state index is -3.74. The number of benzene rings is 2. The molecule has 0 aromatic heterocycles. The summed E-state index contributed by atoms with van der Waals surface area (Å²) in [5.74, 6) is 0.180. The van der Waals surface area contributed by atoms with Gasteiger partial charge in [-0.1, -0.05) is 35.9 Å². The van der Waals surface area contributed by atoms with Crippen LogP contribution in [0.2, 0.25) is 0 Å². The normalized spacial score (nSPS) is 11.3. The SMILES string of the molecule is COc1ccc(C)cc1S(=O)(=O)NCCN(Cc1ccc(C)cc1)C(C)=O. The molecule has 0 unspecified atom stereocenters. The first-order chi connectivity index (χ1) is 12.7. The molecule has 0 fully saturated rings. The maximum Gasteiger partial charge on any atom is 0.244 e. The van der Waals surface area contributed by atoms with Gasteiger partial charge in [0, 0.05) is 26.6 Å². The van der Waals surface area contributed by atoms with Gasteiger partial charge in [0.15, 0.2) is 0 Å². The van der Waals surface area contributed by atoms with Crippen LogP contribution in [0, 0.1) is 13.8 Å². The van der Waals surface area contributed by atoms with Gasteiger partial charge in [0.05, 0.1) is 7.11 Å². The predicted octanol–water partition coefficient (Wildman–Crippen LogP) is 2.64. The summed E-state index contributed by atoms with van der Waals surface area (Å²) in [4.78, 5) is 13.6. The van der Waals surface area contributed by atoms with Gasteiger partial charge in [-0.05, 0) is 37.1 Å². The Hall–Kier alpha value is -2.38. The molecule has 0 saturated carbocycles. The van der Waals surface area contributed by atoms with Crippen molar-refractivity contribution in [2.45, 2.75) is 32.2 Å². The Bertz CT molecular complexity index is 893. The molecule has 0 aliphatic rings. The Morgan fingerprint density at radius 2 is 1.70 bits per heavy atom. The molecule has 6 nitrogen and oxygen atoms in total. The molecule has 0 atom stereocenters. The number of methoxy groups -OCH3 is 1. The molecule has 2 aromatic carbocycles. The Kier molecular flexibility index (Phi) is 6.98. The zero-order chi connectivity index (χ0) is 20.0. The second kappa shape index (κ2) is 9.01. The molecule has 146 valence electrons. The maximum atomic E-state index is 12.6. The lowest BCUT2D eigenvalue weighted by atomic mass is 10.1. The number of aryl methyl sites for hydroxylation is 2. The van der Waals surface area contributed by atoms with Crippen LogP contribution in [0.4, 0.5) is 0 Å². The van der Waals surface area contributed by atoms with Gasteiger partial charge in [0.25, 0.3) is 0 Å². The summed E-state index contributed by atoms with van der Waals surface area (Å²) in [5.41, 5.74) is 2.97. The Morgan fingerprint density at radius 1 is 1.07 bits per heavy atom. The molecular formula is C20H26N2O4S. The third-order valence-corrected chi connectivity index (χ3v) is 5.70. The van der Waals surface area contributed by atoms with E-state index in [9.17, 15) is 13.2 Å². The van der Waals surface area contributed by atoms with E-state index in [-0.39, 0.29) is 29.6 Å². The first-order valence-corrected chi connectivity index (χ1v) is 10.2. The number of carbonyl (C=O) groups excluding carboxylic acids is 1. The quantitative estimate of drug-likeness (QED) is 0.752. The summed E-state index contributed by atoms with van der Waals surface area (Å²) >= 11 is 0. The lowest BCUT2D eigenvalue weighted by Gasteiger charge is -2.21. The summed E-state index contributed by atoms with van der Waals surface area (Å²) in [6, 6.07) is 12.9. The zero-order valence-electron chi connectivity index (χ0n) is 16.2. The van der Waals surface area contributed by atoms with Crippen LogP contribution in [-0.2, 0) is 21.4 Å². The number of carbonyl (C=O) groups is 1. The van der Waals surface area contributed by atoms with E-state index in [2.05, 4.69) is 4.72 Å². The van der Waals surface area contributed by atoms with Gasteiger partial charge in [-0.25, -0.2) is 13.1 Å². The summed E-state index contributed by atoms with van der Waals surface area (Å²) in [6.07, 6.45) is 0. The number of nitrogens with one attached hydrogen (secondary N) is 1. The van der Waals surface area contributed by atoms with Crippen molar-refractivity contribution in [3.63, 3.8) is 0 Å². The monoisotopic (exact) mass is 390 g/mol. The van der Waals surface area contributed by atoms with Crippen molar-refractivity contribution in [1.82, 2.24) is 9.62 Å². The molecule has 0 saturated heterocycles. The van der Waals surface area contributed by atoms with Crippen LogP contribution in [0.15, 0.2) is 47.4 Å². The van der Waals surface area contributed by atoms with Gasteiger partial charge in [-0.15, -0.1) is 0 Å². The van der Waals surface area contributed by atoms with E-state index in [0.29, 0.717) is 6.54 Å². The van der Waals surface area contributed by atoms with Crippen LogP contribution in [0.25, 0.3) is 0 Å². The number of hydrogen-bond acceptors (Lipinski definition) is 4. The van der Waals surface area contributed by atoms with Crippen molar-refractivity contribution in [1.29, 1.82) is 0 Å². The van der Waals surface area contributed by atoms with E-state index in [1.54, 1.807) is 23.1 Å². The summed E-state index contributed by atoms with van der Waals surface area (Å²) in [6.45, 7) is 6.12. The van der Waals surface area contributed by atoms with Crippen molar-refractivity contribution in [2.75, 3.05) is 20.2 Å². The van der Waals surface area contributed by atoms with E-state index >= 15 is 0 Å². The van der Waals surface area contributed by atoms with Crippen molar-refractivity contribution < 1.29 is 17.9 Å². The second-order valence-corrected chi connectivity index (χ2v) is 8.21. The van der Waals surface area contributed by atoms with Crippen molar-refractivity contribution in [3.8, 4) is 5.75 Å². The fraction of sp³-hybridized carbons (Fsp3) is 0.350. The Morgan fingerprint density at radius 3 is 2.30 bits per heavy atom. The van der Waals surface area contributed by atoms with Gasteiger partial charge >= 0.3 is 0 Å². The molecule has 0 spiro atoms. The number of sulfonamides is 1. The molecule has 0 aliphatic heterocycles. The van der Waals surface area contributed by atoms with Gasteiger partial charge in [-0.3, -0.25) is 4.79 Å². The van der Waals surface area contributed by atoms with Crippen LogP contribution in [0.1, 0.15) is 23.6 Å². The van der Waals surface area contributed by atoms with E-state index in [0.717, 1.165) is 16.7 Å². The number of nitrogens with zero attached hydrogens (tertiary/aromatic N) is 1. The molecule has 0 heterocycles. The van der Waals surface area contributed by atoms with E-state index in [1.165, 1.54) is 14.0 Å². The fourth-order valence-electron chi connectivity index (χ4n) is 2.65. The van der Waals surface area contributed by atoms with Crippen molar-refractivity contribution >= 4 is 15.9 Å². The fourth-order valence-corrected chi connectivity index (χ4v) is 3.92. The molecule has 2 rings (SSSR count). The minimum absolute atomic E-state index is 0.0953. The van der Waals surface area contributed by atoms with Gasteiger partial charge < -0.3 is 9.64 Å². The molecule has 7 heteroatoms. The predicted molar refractivity (Wildman–Crippen MR) is 105 cm³/mol. The molecule has 1 N–H and O–H groups in total. The number of rotatable bonds is 8. The van der Waals surface area contributed by atoms with Crippen LogP contribution >= 0.6 is 0 Å². The molecule has 0 aliphatic carbocycles. The highest BCUT2D eigenvalue weighted by Gasteiger charge is 2.20. The third kappa shape index (κ3) is 5.80. The standard InChI is InChI=1S/C20H26N2O4S/c1-15-5-8-18(9-6-15)14-22(17(3)23)12-11-21-27(24,25)20-13-16(2)7-10-19(20)26-4/h5-10,13,21H,11-12,14H2,1-4H3. The second-order valence-electron chi connectivity index (χ2n) is 6.48. The third-order valence-electron chi connectivity index (χ3n) is 4.22. The molecular weight excluding hydrogens is 364 g/mol. The van der Waals surface area contributed by atoms with Gasteiger partial charge in [-0.2, -0.15) is 0 Å². The Balaban J connectivity index is 2.04. The van der Waals surface area contributed by atoms with Crippen LogP contribution < -0.4 is 9.46 Å². The molecule has 0 radical (unpaired) electrons. The lowest BCUT2D eigenvalue weighted by molar-refractivity contribution is -0.129. The number of ether oxygens (including phenoxy) is 1. The maximum absolute atomic E-state index is 12.6. The lowest BCUT2D eigenvalue weighted by Crippen LogP contribution is -2.37. The first-order valence-electron chi connectivity index (χ1n) is 8.68. The zero-order valence-corrected chi connectivity index (χ0v) is 17.0. The van der Waals surface area contributed by atoms with Crippen molar-refractivity contribution in [2.24, 2.45) is 0 Å². The Labute approximate surface area is 161 Å². The average molecular weight is 391 g/mol. The van der Waals surface area contributed by atoms with Crippen LogP contribution in [0.3, 0.4) is 0 Å². The van der Waals surface area contributed by atoms with Crippen molar-refractivity contribution in [3.05, 3.63) is 59.2 Å². The largest absolute Gasteiger partial charge is 0.495 e. The molecule has 1 amide bonds. The highest BCUT2D eigenvalue weighted by Crippen LogP contribution is 2.24. The summed E-state index contributed by atoms with van der Waals surface area (Å²) in [7, 11) is -2.31.